The normalized spacial score (nSPS) is 22.2. The Labute approximate surface area is 177 Å². The largest absolute Gasteiger partial charge is 0.452 e. The first-order chi connectivity index (χ1) is 14.4. The summed E-state index contributed by atoms with van der Waals surface area (Å²) in [7, 11) is 0. The summed E-state index contributed by atoms with van der Waals surface area (Å²) in [4.78, 5) is 12.5. The maximum absolute atomic E-state index is 12.5. The minimum Gasteiger partial charge on any atom is -0.452 e. The van der Waals surface area contributed by atoms with E-state index in [0.717, 1.165) is 5.56 Å². The van der Waals surface area contributed by atoms with Gasteiger partial charge >= 0.3 is 5.97 Å². The second kappa shape index (κ2) is 10.00. The van der Waals surface area contributed by atoms with Crippen molar-refractivity contribution < 1.29 is 28.8 Å². The Hall–Kier alpha value is -2.51. The van der Waals surface area contributed by atoms with Gasteiger partial charge in [-0.05, 0) is 37.6 Å². The minimum atomic E-state index is -0.931. The minimum absolute atomic E-state index is 0.274. The van der Waals surface area contributed by atoms with E-state index in [2.05, 4.69) is 6.58 Å². The van der Waals surface area contributed by atoms with Crippen molar-refractivity contribution in [2.24, 2.45) is 0 Å². The molecule has 1 heterocycles. The Kier molecular flexibility index (Phi) is 7.39. The highest BCUT2D eigenvalue weighted by atomic mass is 16.8. The fourth-order valence-corrected chi connectivity index (χ4v) is 3.40. The summed E-state index contributed by atoms with van der Waals surface area (Å²) in [5, 5.41) is 9.97. The van der Waals surface area contributed by atoms with E-state index in [1.54, 1.807) is 38.1 Å². The smallest absolute Gasteiger partial charge is 0.338 e. The lowest BCUT2D eigenvalue weighted by Gasteiger charge is -2.28. The molecule has 160 valence electrons. The maximum atomic E-state index is 12.5. The molecule has 0 bridgehead atoms. The fourth-order valence-electron chi connectivity index (χ4n) is 3.40. The first-order valence-electron chi connectivity index (χ1n) is 9.94. The number of aliphatic hydroxyl groups is 1. The van der Waals surface area contributed by atoms with Crippen LogP contribution >= 0.6 is 0 Å². The van der Waals surface area contributed by atoms with E-state index in [9.17, 15) is 9.90 Å². The van der Waals surface area contributed by atoms with Gasteiger partial charge in [0.1, 0.15) is 24.4 Å². The molecular weight excluding hydrogens is 384 g/mol. The van der Waals surface area contributed by atoms with E-state index in [-0.39, 0.29) is 6.61 Å². The lowest BCUT2D eigenvalue weighted by molar-refractivity contribution is -0.166. The molecule has 0 saturated carbocycles. The van der Waals surface area contributed by atoms with Crippen molar-refractivity contribution in [3.05, 3.63) is 84.4 Å². The van der Waals surface area contributed by atoms with Gasteiger partial charge in [0.25, 0.3) is 0 Å². The molecule has 0 amide bonds. The zero-order valence-electron chi connectivity index (χ0n) is 17.3. The summed E-state index contributed by atoms with van der Waals surface area (Å²) >= 11 is 0. The van der Waals surface area contributed by atoms with Crippen molar-refractivity contribution in [2.75, 3.05) is 6.61 Å². The third kappa shape index (κ3) is 5.55. The summed E-state index contributed by atoms with van der Waals surface area (Å²) in [6.45, 7) is 7.37. The second-order valence-electron chi connectivity index (χ2n) is 7.55. The molecule has 1 aliphatic rings. The van der Waals surface area contributed by atoms with Crippen molar-refractivity contribution in [3.63, 3.8) is 0 Å². The van der Waals surface area contributed by atoms with Gasteiger partial charge in [0.05, 0.1) is 18.8 Å². The number of benzene rings is 2. The van der Waals surface area contributed by atoms with Crippen LogP contribution in [-0.4, -0.2) is 47.9 Å². The van der Waals surface area contributed by atoms with Crippen molar-refractivity contribution in [1.82, 2.24) is 0 Å². The first-order valence-corrected chi connectivity index (χ1v) is 9.94. The van der Waals surface area contributed by atoms with Crippen LogP contribution in [0.2, 0.25) is 0 Å². The van der Waals surface area contributed by atoms with Crippen LogP contribution < -0.4 is 0 Å². The van der Waals surface area contributed by atoms with E-state index in [4.69, 9.17) is 18.9 Å². The summed E-state index contributed by atoms with van der Waals surface area (Å²) in [6, 6.07) is 18.4. The van der Waals surface area contributed by atoms with Gasteiger partial charge in [-0.3, -0.25) is 0 Å². The monoisotopic (exact) mass is 412 g/mol. The van der Waals surface area contributed by atoms with Crippen molar-refractivity contribution in [3.8, 4) is 0 Å². The molecule has 0 radical (unpaired) electrons. The maximum Gasteiger partial charge on any atom is 0.338 e. The summed E-state index contributed by atoms with van der Waals surface area (Å²) in [6.07, 6.45) is -1.28. The Morgan fingerprint density at radius 3 is 2.30 bits per heavy atom. The van der Waals surface area contributed by atoms with Gasteiger partial charge in [-0.15, -0.1) is 0 Å². The van der Waals surface area contributed by atoms with Crippen LogP contribution in [-0.2, 0) is 25.6 Å². The molecule has 0 aliphatic carbocycles. The second-order valence-corrected chi connectivity index (χ2v) is 7.55. The lowest BCUT2D eigenvalue weighted by atomic mass is 10.0. The molecule has 4 atom stereocenters. The first kappa shape index (κ1) is 22.2. The van der Waals surface area contributed by atoms with Crippen molar-refractivity contribution in [1.29, 1.82) is 0 Å². The summed E-state index contributed by atoms with van der Waals surface area (Å²) < 4.78 is 23.6. The highest BCUT2D eigenvalue weighted by Crippen LogP contribution is 2.34. The van der Waals surface area contributed by atoms with Crippen LogP contribution in [0.5, 0.6) is 0 Å². The molecule has 2 aromatic rings. The Balaban J connectivity index is 1.74. The average molecular weight is 412 g/mol. The molecular formula is C24H28O6. The zero-order chi connectivity index (χ0) is 21.6. The predicted molar refractivity (Wildman–Crippen MR) is 112 cm³/mol. The van der Waals surface area contributed by atoms with Crippen LogP contribution in [0.3, 0.4) is 0 Å². The van der Waals surface area contributed by atoms with E-state index >= 15 is 0 Å². The third-order valence-corrected chi connectivity index (χ3v) is 4.83. The quantitative estimate of drug-likeness (QED) is 0.502. The number of carbonyl (C=O) groups excluding carboxylic acids is 1. The zero-order valence-corrected chi connectivity index (χ0v) is 17.3. The molecule has 6 heteroatoms. The number of esters is 1. The molecule has 30 heavy (non-hydrogen) atoms. The molecule has 1 aliphatic heterocycles. The Morgan fingerprint density at radius 2 is 1.70 bits per heavy atom. The van der Waals surface area contributed by atoms with Gasteiger partial charge in [-0.1, -0.05) is 55.1 Å². The van der Waals surface area contributed by atoms with Gasteiger partial charge in [-0.2, -0.15) is 0 Å². The predicted octanol–water partition coefficient (Wildman–Crippen LogP) is 3.50. The number of carbonyl (C=O) groups is 1. The summed E-state index contributed by atoms with van der Waals surface area (Å²) in [5.41, 5.74) is 1.40. The molecule has 1 N–H and O–H groups in total. The molecule has 3 rings (SSSR count). The third-order valence-electron chi connectivity index (χ3n) is 4.83. The Morgan fingerprint density at radius 1 is 1.10 bits per heavy atom. The molecule has 0 spiro atoms. The van der Waals surface area contributed by atoms with Gasteiger partial charge < -0.3 is 24.1 Å². The average Bonchev–Trinajstić information content (AvgIpc) is 3.08. The molecule has 2 aromatic carbocycles. The molecule has 1 fully saturated rings. The van der Waals surface area contributed by atoms with E-state index in [0.29, 0.717) is 12.2 Å². The van der Waals surface area contributed by atoms with Gasteiger partial charge in [0.2, 0.25) is 0 Å². The number of aliphatic hydroxyl groups excluding tert-OH is 1. The molecule has 0 unspecified atom stereocenters. The Bertz CT molecular complexity index is 820. The van der Waals surface area contributed by atoms with Crippen molar-refractivity contribution >= 4 is 5.97 Å². The number of hydrogen-bond donors (Lipinski definition) is 1. The number of hydrogen-bond acceptors (Lipinski definition) is 6. The van der Waals surface area contributed by atoms with Gasteiger partial charge in [0, 0.05) is 0 Å². The van der Waals surface area contributed by atoms with Gasteiger partial charge in [0.15, 0.2) is 5.79 Å². The van der Waals surface area contributed by atoms with Crippen LogP contribution in [0.25, 0.3) is 0 Å². The fraction of sp³-hybridized carbons (Fsp3) is 0.375. The van der Waals surface area contributed by atoms with Crippen LogP contribution in [0, 0.1) is 0 Å². The molecule has 0 aromatic heterocycles. The van der Waals surface area contributed by atoms with Crippen LogP contribution in [0.4, 0.5) is 0 Å². The van der Waals surface area contributed by atoms with Crippen LogP contribution in [0.15, 0.2) is 73.3 Å². The lowest BCUT2D eigenvalue weighted by Crippen LogP contribution is -2.45. The molecule has 1 saturated heterocycles. The standard InChI is InChI=1S/C24H28O6/c1-4-19(28-23(26)18-13-9-6-10-14-18)21-22(30-24(2,3)29-21)20(15-25)27-16-17-11-7-5-8-12-17/h4-14,19-22,25H,1,15-16H2,2-3H3/t19-,20-,21+,22+/m1/s1. The topological polar surface area (TPSA) is 74.2 Å². The van der Waals surface area contributed by atoms with Gasteiger partial charge in [-0.25, -0.2) is 4.79 Å². The van der Waals surface area contributed by atoms with Crippen LogP contribution in [0.1, 0.15) is 29.8 Å². The SMILES string of the molecule is C=C[C@@H](OC(=O)c1ccccc1)[C@@H]1OC(C)(C)O[C@H]1[C@@H](CO)OCc1ccccc1. The highest BCUT2D eigenvalue weighted by molar-refractivity contribution is 5.89. The van der Waals surface area contributed by atoms with E-state index in [1.165, 1.54) is 6.08 Å². The van der Waals surface area contributed by atoms with Crippen molar-refractivity contribution in [2.45, 2.75) is 50.7 Å². The van der Waals surface area contributed by atoms with E-state index < -0.39 is 36.2 Å². The number of ether oxygens (including phenoxy) is 4. The molecule has 6 nitrogen and oxygen atoms in total. The summed E-state index contributed by atoms with van der Waals surface area (Å²) in [5.74, 6) is -1.42. The van der Waals surface area contributed by atoms with E-state index in [1.807, 2.05) is 36.4 Å². The highest BCUT2D eigenvalue weighted by Gasteiger charge is 2.49. The number of rotatable bonds is 9.